The predicted octanol–water partition coefficient (Wildman–Crippen LogP) is -1.85. The second-order valence-electron chi connectivity index (χ2n) is 2.88. The fourth-order valence-electron chi connectivity index (χ4n) is 1.05. The van der Waals surface area contributed by atoms with E-state index < -0.39 is 0 Å². The Balaban J connectivity index is 2.27. The van der Waals surface area contributed by atoms with Gasteiger partial charge in [0.25, 0.3) is 0 Å². The second kappa shape index (κ2) is 3.05. The average Bonchev–Trinajstić information content (AvgIpc) is 2.67. The van der Waals surface area contributed by atoms with Crippen LogP contribution in [0.2, 0.25) is 0 Å². The number of hydrogen-bond donors (Lipinski definition) is 0. The number of tetrazole rings is 1. The van der Waals surface area contributed by atoms with E-state index in [9.17, 15) is 4.79 Å². The van der Waals surface area contributed by atoms with Crippen molar-refractivity contribution in [1.29, 1.82) is 0 Å². The molecule has 0 atom stereocenters. The quantitative estimate of drug-likeness (QED) is 0.562. The smallest absolute Gasteiger partial charge is 0.285 e. The molecule has 0 radical (unpaired) electrons. The van der Waals surface area contributed by atoms with Gasteiger partial charge in [-0.2, -0.15) is 9.90 Å². The zero-order valence-corrected chi connectivity index (χ0v) is 7.82. The summed E-state index contributed by atoms with van der Waals surface area (Å²) in [6.07, 6.45) is 1.44. The van der Waals surface area contributed by atoms with Crippen molar-refractivity contribution in [3.05, 3.63) is 22.6 Å². The van der Waals surface area contributed by atoms with Crippen LogP contribution in [0, 0.1) is 0 Å². The molecule has 8 nitrogen and oxygen atoms in total. The third-order valence-electron chi connectivity index (χ3n) is 1.73. The topological polar surface area (TPSA) is 83.4 Å². The van der Waals surface area contributed by atoms with Crippen molar-refractivity contribution in [3.63, 3.8) is 0 Å². The highest BCUT2D eigenvalue weighted by Gasteiger charge is 2.06. The van der Waals surface area contributed by atoms with Crippen LogP contribution in [0.4, 0.5) is 0 Å². The SMILES string of the molecule is Cn1nnc(Cn2ncn(C)c2=O)n1. The second-order valence-corrected chi connectivity index (χ2v) is 2.88. The Bertz CT molecular complexity index is 492. The first-order chi connectivity index (χ1) is 6.66. The van der Waals surface area contributed by atoms with Gasteiger partial charge in [0.15, 0.2) is 5.82 Å². The molecule has 0 saturated carbocycles. The van der Waals surface area contributed by atoms with E-state index in [0.29, 0.717) is 5.82 Å². The average molecular weight is 195 g/mol. The van der Waals surface area contributed by atoms with E-state index >= 15 is 0 Å². The summed E-state index contributed by atoms with van der Waals surface area (Å²) in [5.74, 6) is 0.466. The zero-order chi connectivity index (χ0) is 10.1. The lowest BCUT2D eigenvalue weighted by atomic mass is 10.6. The molecule has 0 N–H and O–H groups in total. The first kappa shape index (κ1) is 8.60. The molecule has 0 aliphatic carbocycles. The Morgan fingerprint density at radius 2 is 2.21 bits per heavy atom. The molecule has 74 valence electrons. The van der Waals surface area contributed by atoms with E-state index in [1.54, 1.807) is 14.1 Å². The summed E-state index contributed by atoms with van der Waals surface area (Å²) in [6.45, 7) is 0.244. The molecule has 2 heterocycles. The van der Waals surface area contributed by atoms with Crippen molar-refractivity contribution in [2.45, 2.75) is 6.54 Å². The standard InChI is InChI=1S/C6H9N7O/c1-11-4-7-13(6(11)14)3-5-8-10-12(2)9-5/h4H,3H2,1-2H3. The molecule has 0 unspecified atom stereocenters. The van der Waals surface area contributed by atoms with Gasteiger partial charge in [0, 0.05) is 7.05 Å². The van der Waals surface area contributed by atoms with Crippen molar-refractivity contribution in [1.82, 2.24) is 34.6 Å². The minimum Gasteiger partial charge on any atom is -0.285 e. The Kier molecular flexibility index (Phi) is 1.88. The van der Waals surface area contributed by atoms with Crippen LogP contribution in [0.3, 0.4) is 0 Å². The van der Waals surface area contributed by atoms with Crippen LogP contribution in [-0.2, 0) is 20.6 Å². The highest BCUT2D eigenvalue weighted by molar-refractivity contribution is 4.79. The van der Waals surface area contributed by atoms with Crippen LogP contribution in [0.5, 0.6) is 0 Å². The van der Waals surface area contributed by atoms with Gasteiger partial charge in [-0.1, -0.05) is 0 Å². The summed E-state index contributed by atoms with van der Waals surface area (Å²) in [6, 6.07) is 0. The maximum Gasteiger partial charge on any atom is 0.345 e. The van der Waals surface area contributed by atoms with Crippen molar-refractivity contribution in [2.24, 2.45) is 14.1 Å². The highest BCUT2D eigenvalue weighted by Crippen LogP contribution is 1.87. The first-order valence-corrected chi connectivity index (χ1v) is 3.98. The summed E-state index contributed by atoms with van der Waals surface area (Å²) >= 11 is 0. The maximum absolute atomic E-state index is 11.4. The molecule has 0 aliphatic rings. The molecule has 0 aliphatic heterocycles. The van der Waals surface area contributed by atoms with Crippen LogP contribution in [0.1, 0.15) is 5.82 Å². The molecule has 0 spiro atoms. The van der Waals surface area contributed by atoms with E-state index in [0.717, 1.165) is 0 Å². The number of aryl methyl sites for hydroxylation is 2. The van der Waals surface area contributed by atoms with Gasteiger partial charge in [-0.3, -0.25) is 4.57 Å². The largest absolute Gasteiger partial charge is 0.345 e. The van der Waals surface area contributed by atoms with E-state index in [1.165, 1.54) is 20.4 Å². The first-order valence-electron chi connectivity index (χ1n) is 3.98. The summed E-state index contributed by atoms with van der Waals surface area (Å²) in [7, 11) is 3.30. The van der Waals surface area contributed by atoms with E-state index in [1.807, 2.05) is 0 Å². The molecule has 0 amide bonds. The van der Waals surface area contributed by atoms with Gasteiger partial charge < -0.3 is 0 Å². The molecule has 2 rings (SSSR count). The fraction of sp³-hybridized carbons (Fsp3) is 0.500. The summed E-state index contributed by atoms with van der Waals surface area (Å²) < 4.78 is 2.66. The van der Waals surface area contributed by atoms with Crippen molar-refractivity contribution in [3.8, 4) is 0 Å². The van der Waals surface area contributed by atoms with Gasteiger partial charge in [0.05, 0.1) is 7.05 Å². The predicted molar refractivity (Wildman–Crippen MR) is 45.4 cm³/mol. The van der Waals surface area contributed by atoms with Crippen LogP contribution >= 0.6 is 0 Å². The molecule has 14 heavy (non-hydrogen) atoms. The normalized spacial score (nSPS) is 10.7. The monoisotopic (exact) mass is 195 g/mol. The lowest BCUT2D eigenvalue weighted by Gasteiger charge is -1.91. The zero-order valence-electron chi connectivity index (χ0n) is 7.82. The molecule has 0 fully saturated rings. The third-order valence-corrected chi connectivity index (χ3v) is 1.73. The number of hydrogen-bond acceptors (Lipinski definition) is 5. The highest BCUT2D eigenvalue weighted by atomic mass is 16.2. The minimum absolute atomic E-state index is 0.197. The maximum atomic E-state index is 11.4. The van der Waals surface area contributed by atoms with Gasteiger partial charge in [-0.05, 0) is 5.21 Å². The molecule has 0 aromatic carbocycles. The fourth-order valence-corrected chi connectivity index (χ4v) is 1.05. The van der Waals surface area contributed by atoms with E-state index in [4.69, 9.17) is 0 Å². The van der Waals surface area contributed by atoms with E-state index in [-0.39, 0.29) is 12.2 Å². The molecule has 8 heteroatoms. The third kappa shape index (κ3) is 1.41. The Labute approximate surface area is 78.8 Å². The van der Waals surface area contributed by atoms with Gasteiger partial charge in [-0.15, -0.1) is 10.2 Å². The Hall–Kier alpha value is -1.99. The van der Waals surface area contributed by atoms with Gasteiger partial charge in [-0.25, -0.2) is 9.48 Å². The summed E-state index contributed by atoms with van der Waals surface area (Å²) in [5, 5.41) is 15.2. The van der Waals surface area contributed by atoms with Crippen LogP contribution < -0.4 is 5.69 Å². The molecule has 2 aromatic rings. The molecule has 0 saturated heterocycles. The van der Waals surface area contributed by atoms with Gasteiger partial charge >= 0.3 is 5.69 Å². The number of aromatic nitrogens is 7. The molecule has 2 aromatic heterocycles. The van der Waals surface area contributed by atoms with Crippen molar-refractivity contribution < 1.29 is 0 Å². The Morgan fingerprint density at radius 3 is 2.71 bits per heavy atom. The molecular formula is C6H9N7O. The number of rotatable bonds is 2. The van der Waals surface area contributed by atoms with Crippen LogP contribution in [-0.4, -0.2) is 34.6 Å². The molecular weight excluding hydrogens is 186 g/mol. The van der Waals surface area contributed by atoms with Crippen molar-refractivity contribution >= 4 is 0 Å². The van der Waals surface area contributed by atoms with Crippen LogP contribution in [0.15, 0.2) is 11.1 Å². The lowest BCUT2D eigenvalue weighted by Crippen LogP contribution is -2.23. The van der Waals surface area contributed by atoms with Gasteiger partial charge in [0.1, 0.15) is 12.9 Å². The minimum atomic E-state index is -0.197. The molecule has 0 bridgehead atoms. The van der Waals surface area contributed by atoms with Crippen LogP contribution in [0.25, 0.3) is 0 Å². The summed E-state index contributed by atoms with van der Waals surface area (Å²) in [4.78, 5) is 12.7. The Morgan fingerprint density at radius 1 is 1.43 bits per heavy atom. The van der Waals surface area contributed by atoms with E-state index in [2.05, 4.69) is 20.5 Å². The number of nitrogens with zero attached hydrogens (tertiary/aromatic N) is 7. The van der Waals surface area contributed by atoms with Crippen molar-refractivity contribution in [2.75, 3.05) is 0 Å². The summed E-state index contributed by atoms with van der Waals surface area (Å²) in [5.41, 5.74) is -0.197. The lowest BCUT2D eigenvalue weighted by molar-refractivity contribution is 0.605. The van der Waals surface area contributed by atoms with Gasteiger partial charge in [0.2, 0.25) is 0 Å².